The van der Waals surface area contributed by atoms with E-state index in [0.29, 0.717) is 23.1 Å². The summed E-state index contributed by atoms with van der Waals surface area (Å²) in [7, 11) is 1.62. The Morgan fingerprint density at radius 3 is 2.66 bits per heavy atom. The van der Waals surface area contributed by atoms with E-state index in [2.05, 4.69) is 45.6 Å². The molecular formula is C24H27N3O2. The number of pyridine rings is 1. The first-order valence-electron chi connectivity index (χ1n) is 10.2. The van der Waals surface area contributed by atoms with Gasteiger partial charge in [0.1, 0.15) is 5.75 Å². The number of aromatic nitrogens is 2. The van der Waals surface area contributed by atoms with Gasteiger partial charge in [-0.15, -0.1) is 0 Å². The number of nitrogens with zero attached hydrogens (tertiary/aromatic N) is 1. The van der Waals surface area contributed by atoms with Crippen molar-refractivity contribution in [1.29, 1.82) is 0 Å². The van der Waals surface area contributed by atoms with E-state index in [9.17, 15) is 4.79 Å². The van der Waals surface area contributed by atoms with Gasteiger partial charge in [-0.1, -0.05) is 30.3 Å². The molecule has 0 bridgehead atoms. The molecule has 4 rings (SSSR count). The Bertz CT molecular complexity index is 944. The molecule has 1 amide bonds. The Labute approximate surface area is 171 Å². The van der Waals surface area contributed by atoms with Crippen LogP contribution < -0.4 is 10.1 Å². The Morgan fingerprint density at radius 1 is 1.10 bits per heavy atom. The first kappa shape index (κ1) is 19.2. The highest BCUT2D eigenvalue weighted by atomic mass is 16.5. The van der Waals surface area contributed by atoms with E-state index in [4.69, 9.17) is 4.74 Å². The van der Waals surface area contributed by atoms with Crippen molar-refractivity contribution >= 4 is 5.91 Å². The van der Waals surface area contributed by atoms with Gasteiger partial charge in [0.2, 0.25) is 0 Å². The molecule has 1 aliphatic rings. The van der Waals surface area contributed by atoms with Crippen molar-refractivity contribution in [3.63, 3.8) is 0 Å². The third-order valence-electron chi connectivity index (χ3n) is 5.95. The summed E-state index contributed by atoms with van der Waals surface area (Å²) in [6, 6.07) is 12.6. The summed E-state index contributed by atoms with van der Waals surface area (Å²) < 4.78 is 5.42. The van der Waals surface area contributed by atoms with E-state index >= 15 is 0 Å². The number of carbonyl (C=O) groups excluding carboxylic acids is 1. The van der Waals surface area contributed by atoms with Crippen LogP contribution in [0.3, 0.4) is 0 Å². The Hall–Kier alpha value is -3.08. The number of aromatic amines is 1. The van der Waals surface area contributed by atoms with Gasteiger partial charge in [-0.05, 0) is 49.1 Å². The summed E-state index contributed by atoms with van der Waals surface area (Å²) in [5.74, 6) is 1.83. The van der Waals surface area contributed by atoms with Crippen molar-refractivity contribution in [2.75, 3.05) is 13.7 Å². The molecule has 2 N–H and O–H groups in total. The Morgan fingerprint density at radius 2 is 1.90 bits per heavy atom. The smallest absolute Gasteiger partial charge is 0.253 e. The average Bonchev–Trinajstić information content (AvgIpc) is 3.28. The number of hydrogen-bond donors (Lipinski definition) is 2. The standard InChI is InChI=1S/C24H27N3O2/c1-29-23-11-12-25-15-21(23)20-14-26-16-22(20)24(28)27-13-17-7-9-19(10-8-17)18-5-3-2-4-6-18/h2-6,11-12,14-17,19,26H,7-10,13H2,1H3,(H,27,28). The van der Waals surface area contributed by atoms with Crippen molar-refractivity contribution in [3.8, 4) is 16.9 Å². The molecule has 2 heterocycles. The monoisotopic (exact) mass is 389 g/mol. The van der Waals surface area contributed by atoms with Crippen molar-refractivity contribution in [3.05, 3.63) is 72.3 Å². The van der Waals surface area contributed by atoms with E-state index < -0.39 is 0 Å². The molecule has 0 atom stereocenters. The Kier molecular flexibility index (Phi) is 5.94. The van der Waals surface area contributed by atoms with Crippen LogP contribution in [-0.4, -0.2) is 29.5 Å². The van der Waals surface area contributed by atoms with Crippen LogP contribution in [0.15, 0.2) is 61.2 Å². The summed E-state index contributed by atoms with van der Waals surface area (Å²) in [6.07, 6.45) is 11.6. The van der Waals surface area contributed by atoms with Gasteiger partial charge in [-0.2, -0.15) is 0 Å². The van der Waals surface area contributed by atoms with Gasteiger partial charge in [0, 0.05) is 42.5 Å². The van der Waals surface area contributed by atoms with Crippen LogP contribution in [0, 0.1) is 5.92 Å². The summed E-state index contributed by atoms with van der Waals surface area (Å²) >= 11 is 0. The number of H-pyrrole nitrogens is 1. The Balaban J connectivity index is 1.35. The third-order valence-corrected chi connectivity index (χ3v) is 5.95. The molecule has 5 heteroatoms. The minimum absolute atomic E-state index is 0.0580. The normalized spacial score (nSPS) is 18.9. The predicted octanol–water partition coefficient (Wildman–Crippen LogP) is 4.79. The van der Waals surface area contributed by atoms with Crippen LogP contribution in [-0.2, 0) is 0 Å². The molecule has 0 spiro atoms. The van der Waals surface area contributed by atoms with Gasteiger partial charge in [0.05, 0.1) is 12.7 Å². The van der Waals surface area contributed by atoms with Crippen LogP contribution >= 0.6 is 0 Å². The maximum atomic E-state index is 12.8. The molecule has 29 heavy (non-hydrogen) atoms. The highest BCUT2D eigenvalue weighted by Crippen LogP contribution is 2.35. The zero-order chi connectivity index (χ0) is 20.1. The second-order valence-electron chi connectivity index (χ2n) is 7.70. The molecule has 5 nitrogen and oxygen atoms in total. The van der Waals surface area contributed by atoms with Gasteiger partial charge in [0.15, 0.2) is 0 Å². The minimum atomic E-state index is -0.0580. The lowest BCUT2D eigenvalue weighted by atomic mass is 9.78. The molecule has 0 unspecified atom stereocenters. The first-order chi connectivity index (χ1) is 14.3. The number of ether oxygens (including phenoxy) is 1. The van der Waals surface area contributed by atoms with Crippen LogP contribution in [0.5, 0.6) is 5.75 Å². The summed E-state index contributed by atoms with van der Waals surface area (Å²) in [5, 5.41) is 3.14. The number of methoxy groups -OCH3 is 1. The molecule has 1 saturated carbocycles. The van der Waals surface area contributed by atoms with Gasteiger partial charge in [-0.25, -0.2) is 0 Å². The topological polar surface area (TPSA) is 67.0 Å². The van der Waals surface area contributed by atoms with Crippen LogP contribution in [0.1, 0.15) is 47.5 Å². The number of carbonyl (C=O) groups is 1. The fraction of sp³-hybridized carbons (Fsp3) is 0.333. The maximum Gasteiger partial charge on any atom is 0.253 e. The predicted molar refractivity (Wildman–Crippen MR) is 114 cm³/mol. The lowest BCUT2D eigenvalue weighted by molar-refractivity contribution is 0.0943. The molecule has 1 fully saturated rings. The molecular weight excluding hydrogens is 362 g/mol. The van der Waals surface area contributed by atoms with Crippen molar-refractivity contribution in [1.82, 2.24) is 15.3 Å². The SMILES string of the molecule is COc1ccncc1-c1c[nH]cc1C(=O)NCC1CCC(c2ccccc2)CC1. The molecule has 150 valence electrons. The maximum absolute atomic E-state index is 12.8. The summed E-state index contributed by atoms with van der Waals surface area (Å²) in [5.41, 5.74) is 3.68. The summed E-state index contributed by atoms with van der Waals surface area (Å²) in [4.78, 5) is 20.1. The van der Waals surface area contributed by atoms with Gasteiger partial charge >= 0.3 is 0 Å². The zero-order valence-electron chi connectivity index (χ0n) is 16.7. The van der Waals surface area contributed by atoms with Gasteiger partial charge < -0.3 is 15.0 Å². The van der Waals surface area contributed by atoms with Crippen molar-refractivity contribution in [2.24, 2.45) is 5.92 Å². The third kappa shape index (κ3) is 4.34. The average molecular weight is 389 g/mol. The highest BCUT2D eigenvalue weighted by molar-refractivity contribution is 6.01. The molecule has 1 aromatic carbocycles. The van der Waals surface area contributed by atoms with Gasteiger partial charge in [-0.3, -0.25) is 9.78 Å². The molecule has 2 aromatic heterocycles. The van der Waals surface area contributed by atoms with Crippen molar-refractivity contribution < 1.29 is 9.53 Å². The fourth-order valence-electron chi connectivity index (χ4n) is 4.29. The number of benzene rings is 1. The van der Waals surface area contributed by atoms with E-state index in [1.807, 2.05) is 6.20 Å². The fourth-order valence-corrected chi connectivity index (χ4v) is 4.29. The largest absolute Gasteiger partial charge is 0.496 e. The number of amides is 1. The lowest BCUT2D eigenvalue weighted by Gasteiger charge is -2.29. The second kappa shape index (κ2) is 8.95. The van der Waals surface area contributed by atoms with Gasteiger partial charge in [0.25, 0.3) is 5.91 Å². The van der Waals surface area contributed by atoms with E-state index in [1.54, 1.807) is 31.8 Å². The van der Waals surface area contributed by atoms with E-state index in [0.717, 1.165) is 30.5 Å². The summed E-state index contributed by atoms with van der Waals surface area (Å²) in [6.45, 7) is 0.717. The second-order valence-corrected chi connectivity index (χ2v) is 7.70. The molecule has 3 aromatic rings. The molecule has 0 saturated heterocycles. The van der Waals surface area contributed by atoms with Crippen LogP contribution in [0.4, 0.5) is 0 Å². The number of hydrogen-bond acceptors (Lipinski definition) is 3. The highest BCUT2D eigenvalue weighted by Gasteiger charge is 2.23. The van der Waals surface area contributed by atoms with E-state index in [1.165, 1.54) is 18.4 Å². The van der Waals surface area contributed by atoms with E-state index in [-0.39, 0.29) is 5.91 Å². The minimum Gasteiger partial charge on any atom is -0.496 e. The molecule has 0 radical (unpaired) electrons. The van der Waals surface area contributed by atoms with Crippen LogP contribution in [0.25, 0.3) is 11.1 Å². The van der Waals surface area contributed by atoms with Crippen molar-refractivity contribution in [2.45, 2.75) is 31.6 Å². The quantitative estimate of drug-likeness (QED) is 0.637. The molecule has 1 aliphatic carbocycles. The number of rotatable bonds is 6. The molecule has 0 aliphatic heterocycles. The zero-order valence-corrected chi connectivity index (χ0v) is 16.7. The number of nitrogens with one attached hydrogen (secondary N) is 2. The first-order valence-corrected chi connectivity index (χ1v) is 10.2. The van der Waals surface area contributed by atoms with Crippen LogP contribution in [0.2, 0.25) is 0 Å². The lowest BCUT2D eigenvalue weighted by Crippen LogP contribution is -2.31.